The molecule has 30 heteroatoms. The number of hydrogen-bond donors (Lipinski definition) is 4. The third kappa shape index (κ3) is 36.3. The summed E-state index contributed by atoms with van der Waals surface area (Å²) in [4.78, 5) is 56.8. The summed E-state index contributed by atoms with van der Waals surface area (Å²) in [6.45, 7) is 4.18. The van der Waals surface area contributed by atoms with Gasteiger partial charge in [-0.05, 0) is 154 Å². The summed E-state index contributed by atoms with van der Waals surface area (Å²) in [5, 5.41) is 33.4. The molecule has 0 saturated heterocycles. The molecular formula is C90H117Eu2F12O13P3. The second-order valence-corrected chi connectivity index (χ2v) is 40.3. The molecule has 0 aromatic heterocycles. The Morgan fingerprint density at radius 2 is 0.517 bits per heavy atom. The van der Waals surface area contributed by atoms with Crippen LogP contribution in [-0.2, 0) is 42.5 Å². The predicted octanol–water partition coefficient (Wildman–Crippen LogP) is 26.2. The molecule has 2 radical (unpaired) electrons. The molecule has 120 heavy (non-hydrogen) atoms. The largest absolute Gasteiger partial charge is 0.504 e. The van der Waals surface area contributed by atoms with E-state index in [1.807, 2.05) is 72.8 Å². The Bertz CT molecular complexity index is 3840. The van der Waals surface area contributed by atoms with Crippen molar-refractivity contribution in [3.8, 4) is 33.4 Å². The molecule has 0 heterocycles. The van der Waals surface area contributed by atoms with E-state index in [1.165, 1.54) is 152 Å². The number of allylic oxidation sites excluding steroid dienone is 2. The number of carbonyl (C=O) groups is 6. The zero-order valence-corrected chi connectivity index (χ0v) is 74.4. The fraction of sp³-hybridized carbons (Fsp3) is 0.511. The van der Waals surface area contributed by atoms with Crippen molar-refractivity contribution in [1.29, 1.82) is 0 Å². The van der Waals surface area contributed by atoms with Crippen LogP contribution in [0, 0.1) is 116 Å². The van der Waals surface area contributed by atoms with E-state index >= 15 is 0 Å². The summed E-state index contributed by atoms with van der Waals surface area (Å²) < 4.78 is 187. The SMILES string of the molecule is C.C.CC(=O)CC(=O)C(F)(F)F.CC(=O)O.CC(=O)O.CC(=O)O.O=C(C=C(O)C(F)(F)F)C(F)(F)F.O=P(c1ccccc1-c1ccc(F)cc1)(C1CCCCC1)C1CCCCC1.O=P(c1ccccc1-c1ccc(F)cc1)(C1CCCCC1)C1CCCCC1.O=P(c1ccccc1-c1ccc(F)cc1)(C1CCCCC1)C1CCCCC1.[Eu].[Eu]. The minimum absolute atomic E-state index is 0. The third-order valence-corrected chi connectivity index (χ3v) is 34.6. The molecule has 0 spiro atoms. The van der Waals surface area contributed by atoms with Gasteiger partial charge in [0.1, 0.15) is 44.7 Å². The fourth-order valence-corrected chi connectivity index (χ4v) is 30.1. The third-order valence-electron chi connectivity index (χ3n) is 21.6. The molecule has 6 saturated carbocycles. The van der Waals surface area contributed by atoms with Crippen molar-refractivity contribution < 1.29 is 214 Å². The second kappa shape index (κ2) is 55.7. The van der Waals surface area contributed by atoms with Gasteiger partial charge >= 0.3 is 18.5 Å². The van der Waals surface area contributed by atoms with Crippen LogP contribution in [0.1, 0.15) is 242 Å². The maximum Gasteiger partial charge on any atom is 0.454 e. The number of hydrogen-bond acceptors (Lipinski definition) is 10. The first kappa shape index (κ1) is 113. The normalized spacial score (nSPS) is 16.6. The zero-order chi connectivity index (χ0) is 86.0. The Hall–Kier alpha value is -4.70. The van der Waals surface area contributed by atoms with Crippen LogP contribution in [0.2, 0.25) is 0 Å². The number of ketones is 3. The maximum atomic E-state index is 14.9. The smallest absolute Gasteiger partial charge is 0.454 e. The van der Waals surface area contributed by atoms with Crippen LogP contribution in [0.3, 0.4) is 0 Å². The van der Waals surface area contributed by atoms with Crippen molar-refractivity contribution in [1.82, 2.24) is 0 Å². The van der Waals surface area contributed by atoms with Gasteiger partial charge in [0.05, 0.1) is 6.42 Å². The number of aliphatic hydroxyl groups excluding tert-OH is 1. The van der Waals surface area contributed by atoms with Gasteiger partial charge in [0.2, 0.25) is 11.5 Å². The topological polar surface area (TPSA) is 235 Å². The first-order chi connectivity index (χ1) is 54.7. The van der Waals surface area contributed by atoms with E-state index in [0.717, 1.165) is 154 Å². The molecular weight excluding hydrogens is 1910 g/mol. The van der Waals surface area contributed by atoms with Crippen LogP contribution in [0.15, 0.2) is 157 Å². The van der Waals surface area contributed by atoms with Gasteiger partial charge in [-0.1, -0.05) is 240 Å². The molecule has 6 aliphatic carbocycles. The number of alkyl halides is 9. The minimum atomic E-state index is -5.42. The fourth-order valence-electron chi connectivity index (χ4n) is 16.4. The number of halogens is 12. The van der Waals surface area contributed by atoms with Gasteiger partial charge in [0, 0.05) is 175 Å². The van der Waals surface area contributed by atoms with E-state index in [1.54, 1.807) is 0 Å². The van der Waals surface area contributed by atoms with Crippen LogP contribution < -0.4 is 15.9 Å². The maximum absolute atomic E-state index is 14.9. The summed E-state index contributed by atoms with van der Waals surface area (Å²) in [6.07, 6.45) is 17.8. The molecule has 0 bridgehead atoms. The van der Waals surface area contributed by atoms with Crippen molar-refractivity contribution in [3.05, 3.63) is 175 Å². The van der Waals surface area contributed by atoms with E-state index in [2.05, 4.69) is 36.4 Å². The van der Waals surface area contributed by atoms with Gasteiger partial charge in [-0.2, -0.15) is 39.5 Å². The summed E-state index contributed by atoms with van der Waals surface area (Å²) in [7, 11) is -7.59. The number of Topliss-reactive ketones (excluding diaryl/α,β-unsaturated/α-hetero) is 2. The van der Waals surface area contributed by atoms with Crippen LogP contribution in [0.5, 0.6) is 0 Å². The van der Waals surface area contributed by atoms with Gasteiger partial charge in [-0.25, -0.2) is 13.2 Å². The monoisotopic (exact) mass is 2030 g/mol. The molecule has 0 unspecified atom stereocenters. The molecule has 0 aliphatic heterocycles. The van der Waals surface area contributed by atoms with Gasteiger partial charge in [0.15, 0.2) is 0 Å². The van der Waals surface area contributed by atoms with E-state index in [0.29, 0.717) is 34.0 Å². The van der Waals surface area contributed by atoms with E-state index in [4.69, 9.17) is 34.8 Å². The average Bonchev–Trinajstić information content (AvgIpc) is 0.763. The molecule has 0 atom stereocenters. The first-order valence-electron chi connectivity index (χ1n) is 39.8. The van der Waals surface area contributed by atoms with Crippen molar-refractivity contribution in [2.45, 2.75) is 294 Å². The molecule has 6 fully saturated rings. The number of benzene rings is 6. The Morgan fingerprint density at radius 1 is 0.325 bits per heavy atom. The molecule has 6 aliphatic rings. The molecule has 6 aromatic rings. The van der Waals surface area contributed by atoms with E-state index in [-0.39, 0.29) is 131 Å². The number of aliphatic hydroxyl groups is 1. The van der Waals surface area contributed by atoms with Crippen molar-refractivity contribution in [2.24, 2.45) is 0 Å². The number of aliphatic carboxylic acids is 3. The zero-order valence-electron chi connectivity index (χ0n) is 66.9. The van der Waals surface area contributed by atoms with E-state index in [9.17, 15) is 80.8 Å². The van der Waals surface area contributed by atoms with Crippen LogP contribution in [0.25, 0.3) is 33.4 Å². The van der Waals surface area contributed by atoms with E-state index < -0.39 is 93.5 Å². The van der Waals surface area contributed by atoms with Crippen molar-refractivity contribution in [3.63, 3.8) is 0 Å². The predicted molar refractivity (Wildman–Crippen MR) is 446 cm³/mol. The molecule has 0 amide bonds. The summed E-state index contributed by atoms with van der Waals surface area (Å²) in [5.41, 5.74) is 8.09. The number of carboxylic acids is 3. The number of carbonyl (C=O) groups excluding carboxylic acids is 3. The summed E-state index contributed by atoms with van der Waals surface area (Å²) >= 11 is 0. The number of carboxylic acid groups (broad SMARTS) is 3. The average molecular weight is 2030 g/mol. The molecule has 668 valence electrons. The summed E-state index contributed by atoms with van der Waals surface area (Å²) in [5.74, 6) is -11.3. The Balaban J connectivity index is 0.000000744. The first-order valence-corrected chi connectivity index (χ1v) is 45.3. The molecule has 13 nitrogen and oxygen atoms in total. The summed E-state index contributed by atoms with van der Waals surface area (Å²) in [6, 6.07) is 44.9. The Kier molecular flexibility index (Phi) is 52.6. The second-order valence-electron chi connectivity index (χ2n) is 30.2. The van der Waals surface area contributed by atoms with Gasteiger partial charge in [-0.3, -0.25) is 28.8 Å². The van der Waals surface area contributed by atoms with Gasteiger partial charge in [0.25, 0.3) is 23.7 Å². The Morgan fingerprint density at radius 3 is 0.675 bits per heavy atom. The minimum Gasteiger partial charge on any atom is -0.504 e. The van der Waals surface area contributed by atoms with Crippen LogP contribution in [0.4, 0.5) is 52.7 Å². The van der Waals surface area contributed by atoms with Crippen molar-refractivity contribution >= 4 is 72.6 Å². The number of rotatable bonds is 15. The van der Waals surface area contributed by atoms with Gasteiger partial charge < -0.3 is 34.1 Å². The molecule has 4 N–H and O–H groups in total. The standard InChI is InChI=1S/3C24H30FOP.C5H2F6O2.C5H5F3O2.3C2H4O2.2CH4.2Eu/c3*25-20-17-15-19(16-18-20)23-13-7-8-14-24(23)27(26,21-9-3-1-4-10-21)22-11-5-2-6-12-22;6-4(7,8)2(12)1-3(13)5(9,10)11;1-3(9)2-4(10)5(6,7)8;3*1-2(3)4;;;;/h3*7-8,13-18,21-22H,1-6,9-12H2;1,12H;2H2,1H3;3*1H3,(H,3,4);2*1H4;;. The molecule has 6 aromatic carbocycles. The van der Waals surface area contributed by atoms with Crippen LogP contribution >= 0.6 is 21.4 Å². The molecule has 12 rings (SSSR count). The van der Waals surface area contributed by atoms with Crippen LogP contribution in [-0.4, -0.2) is 108 Å². The van der Waals surface area contributed by atoms with Crippen molar-refractivity contribution in [2.75, 3.05) is 0 Å². The quantitative estimate of drug-likeness (QED) is 0.0246. The Labute approximate surface area is 781 Å². The van der Waals surface area contributed by atoms with Gasteiger partial charge in [-0.15, -0.1) is 0 Å².